The first-order chi connectivity index (χ1) is 10.0. The molecule has 2 aromatic carbocycles. The number of primary amides is 1. The average Bonchev–Trinajstić information content (AvgIpc) is 2.46. The van der Waals surface area contributed by atoms with Gasteiger partial charge >= 0.3 is 0 Å². The van der Waals surface area contributed by atoms with Crippen molar-refractivity contribution in [2.75, 3.05) is 17.2 Å². The first kappa shape index (κ1) is 14.9. The van der Waals surface area contributed by atoms with Crippen LogP contribution in [0.15, 0.2) is 42.5 Å². The second-order valence-corrected chi connectivity index (χ2v) is 5.08. The van der Waals surface area contributed by atoms with E-state index >= 15 is 0 Å². The molecule has 0 aliphatic rings. The fourth-order valence-electron chi connectivity index (χ4n) is 2.39. The van der Waals surface area contributed by atoms with E-state index in [1.807, 2.05) is 43.3 Å². The summed E-state index contributed by atoms with van der Waals surface area (Å²) in [4.78, 5) is 13.5. The van der Waals surface area contributed by atoms with Crippen LogP contribution in [0, 0.1) is 6.92 Å². The molecule has 4 heteroatoms. The molecule has 2 rings (SSSR count). The maximum Gasteiger partial charge on any atom is 0.248 e. The van der Waals surface area contributed by atoms with Crippen molar-refractivity contribution in [1.82, 2.24) is 0 Å². The van der Waals surface area contributed by atoms with Gasteiger partial charge in [-0.1, -0.05) is 18.2 Å². The molecule has 0 bridgehead atoms. The Morgan fingerprint density at radius 3 is 2.48 bits per heavy atom. The fourth-order valence-corrected chi connectivity index (χ4v) is 2.39. The Hall–Kier alpha value is -2.49. The van der Waals surface area contributed by atoms with Crippen LogP contribution in [0.25, 0.3) is 0 Å². The zero-order valence-electron chi connectivity index (χ0n) is 12.5. The molecule has 4 nitrogen and oxygen atoms in total. The second kappa shape index (κ2) is 6.31. The van der Waals surface area contributed by atoms with Gasteiger partial charge in [-0.2, -0.15) is 0 Å². The predicted molar refractivity (Wildman–Crippen MR) is 87.3 cm³/mol. The van der Waals surface area contributed by atoms with Crippen LogP contribution < -0.4 is 16.4 Å². The Morgan fingerprint density at radius 1 is 1.19 bits per heavy atom. The van der Waals surface area contributed by atoms with Crippen LogP contribution in [0.4, 0.5) is 11.4 Å². The molecule has 0 radical (unpaired) electrons. The van der Waals surface area contributed by atoms with E-state index in [0.717, 1.165) is 35.6 Å². The topological polar surface area (TPSA) is 72.3 Å². The van der Waals surface area contributed by atoms with Gasteiger partial charge in [0.2, 0.25) is 5.91 Å². The third-order valence-corrected chi connectivity index (χ3v) is 3.64. The average molecular weight is 283 g/mol. The van der Waals surface area contributed by atoms with Crippen LogP contribution in [-0.2, 0) is 6.54 Å². The lowest BCUT2D eigenvalue weighted by Gasteiger charge is -2.24. The Labute approximate surface area is 125 Å². The van der Waals surface area contributed by atoms with Crippen molar-refractivity contribution in [1.29, 1.82) is 0 Å². The number of carbonyl (C=O) groups is 1. The van der Waals surface area contributed by atoms with Gasteiger partial charge in [-0.05, 0) is 49.2 Å². The van der Waals surface area contributed by atoms with Crippen molar-refractivity contribution in [3.8, 4) is 0 Å². The number of rotatable bonds is 5. The highest BCUT2D eigenvalue weighted by atomic mass is 16.1. The molecule has 4 N–H and O–H groups in total. The Kier molecular flexibility index (Phi) is 4.48. The molecule has 0 aromatic heterocycles. The number of benzene rings is 2. The molecule has 0 heterocycles. The smallest absolute Gasteiger partial charge is 0.248 e. The summed E-state index contributed by atoms with van der Waals surface area (Å²) in [6, 6.07) is 13.6. The number of anilines is 2. The normalized spacial score (nSPS) is 10.4. The Morgan fingerprint density at radius 2 is 1.90 bits per heavy atom. The maximum absolute atomic E-state index is 11.3. The molecule has 0 unspecified atom stereocenters. The van der Waals surface area contributed by atoms with Crippen LogP contribution in [0.3, 0.4) is 0 Å². The minimum atomic E-state index is -0.394. The molecule has 0 saturated carbocycles. The molecule has 0 aliphatic heterocycles. The van der Waals surface area contributed by atoms with Gasteiger partial charge in [0.1, 0.15) is 0 Å². The number of nitrogens with zero attached hydrogens (tertiary/aromatic N) is 1. The number of aryl methyl sites for hydroxylation is 1. The van der Waals surface area contributed by atoms with Gasteiger partial charge in [0.25, 0.3) is 0 Å². The van der Waals surface area contributed by atoms with Crippen molar-refractivity contribution in [2.24, 2.45) is 5.73 Å². The van der Waals surface area contributed by atoms with E-state index in [1.165, 1.54) is 0 Å². The SMILES string of the molecule is CCN(Cc1ccccc1N)c1ccc(C(N)=O)c(C)c1. The van der Waals surface area contributed by atoms with Gasteiger partial charge in [-0.15, -0.1) is 0 Å². The van der Waals surface area contributed by atoms with Gasteiger partial charge in [-0.25, -0.2) is 0 Å². The number of hydrogen-bond acceptors (Lipinski definition) is 3. The van der Waals surface area contributed by atoms with E-state index in [-0.39, 0.29) is 0 Å². The summed E-state index contributed by atoms with van der Waals surface area (Å²) < 4.78 is 0. The predicted octanol–water partition coefficient (Wildman–Crippen LogP) is 2.70. The number of amides is 1. The first-order valence-corrected chi connectivity index (χ1v) is 7.01. The van der Waals surface area contributed by atoms with Gasteiger partial charge < -0.3 is 16.4 Å². The highest BCUT2D eigenvalue weighted by Crippen LogP contribution is 2.22. The summed E-state index contributed by atoms with van der Waals surface area (Å²) in [6.45, 7) is 5.58. The first-order valence-electron chi connectivity index (χ1n) is 7.01. The number of nitrogens with two attached hydrogens (primary N) is 2. The highest BCUT2D eigenvalue weighted by molar-refractivity contribution is 5.94. The molecule has 1 amide bonds. The maximum atomic E-state index is 11.3. The lowest BCUT2D eigenvalue weighted by Crippen LogP contribution is -2.23. The van der Waals surface area contributed by atoms with Crippen molar-refractivity contribution < 1.29 is 4.79 Å². The molecule has 0 fully saturated rings. The van der Waals surface area contributed by atoms with Gasteiger partial charge in [0.15, 0.2) is 0 Å². The zero-order valence-corrected chi connectivity index (χ0v) is 12.5. The zero-order chi connectivity index (χ0) is 15.4. The molecule has 0 atom stereocenters. The van der Waals surface area contributed by atoms with E-state index < -0.39 is 5.91 Å². The van der Waals surface area contributed by atoms with E-state index in [4.69, 9.17) is 11.5 Å². The van der Waals surface area contributed by atoms with Gasteiger partial charge in [-0.3, -0.25) is 4.79 Å². The molecule has 0 spiro atoms. The minimum Gasteiger partial charge on any atom is -0.398 e. The molecule has 0 aliphatic carbocycles. The van der Waals surface area contributed by atoms with E-state index in [1.54, 1.807) is 6.07 Å². The molecular weight excluding hydrogens is 262 g/mol. The summed E-state index contributed by atoms with van der Waals surface area (Å²) >= 11 is 0. The van der Waals surface area contributed by atoms with E-state index in [2.05, 4.69) is 11.8 Å². The second-order valence-electron chi connectivity index (χ2n) is 5.08. The lowest BCUT2D eigenvalue weighted by atomic mass is 10.1. The van der Waals surface area contributed by atoms with Crippen LogP contribution >= 0.6 is 0 Å². The summed E-state index contributed by atoms with van der Waals surface area (Å²) in [5.74, 6) is -0.394. The molecule has 110 valence electrons. The molecular formula is C17H21N3O. The van der Waals surface area contributed by atoms with Crippen molar-refractivity contribution in [3.63, 3.8) is 0 Å². The standard InChI is InChI=1S/C17H21N3O/c1-3-20(11-13-6-4-5-7-16(13)18)14-8-9-15(17(19)21)12(2)10-14/h4-10H,3,11,18H2,1-2H3,(H2,19,21). The molecule has 2 aromatic rings. The van der Waals surface area contributed by atoms with Crippen LogP contribution in [-0.4, -0.2) is 12.5 Å². The highest BCUT2D eigenvalue weighted by Gasteiger charge is 2.10. The van der Waals surface area contributed by atoms with Crippen molar-refractivity contribution in [2.45, 2.75) is 20.4 Å². The third-order valence-electron chi connectivity index (χ3n) is 3.64. The summed E-state index contributed by atoms with van der Waals surface area (Å²) in [7, 11) is 0. The Bertz CT molecular complexity index is 652. The van der Waals surface area contributed by atoms with E-state index in [0.29, 0.717) is 5.56 Å². The van der Waals surface area contributed by atoms with Crippen LogP contribution in [0.1, 0.15) is 28.4 Å². The van der Waals surface area contributed by atoms with E-state index in [9.17, 15) is 4.79 Å². The van der Waals surface area contributed by atoms with Crippen molar-refractivity contribution >= 4 is 17.3 Å². The third kappa shape index (κ3) is 3.34. The number of carbonyl (C=O) groups excluding carboxylic acids is 1. The summed E-state index contributed by atoms with van der Waals surface area (Å²) in [5, 5.41) is 0. The van der Waals surface area contributed by atoms with Crippen LogP contribution in [0.2, 0.25) is 0 Å². The monoisotopic (exact) mass is 283 g/mol. The minimum absolute atomic E-state index is 0.394. The quantitative estimate of drug-likeness (QED) is 0.829. The molecule has 0 saturated heterocycles. The van der Waals surface area contributed by atoms with Gasteiger partial charge in [0, 0.05) is 30.0 Å². The summed E-state index contributed by atoms with van der Waals surface area (Å²) in [5.41, 5.74) is 15.8. The van der Waals surface area contributed by atoms with Gasteiger partial charge in [0.05, 0.1) is 0 Å². The molecule has 21 heavy (non-hydrogen) atoms. The summed E-state index contributed by atoms with van der Waals surface area (Å²) in [6.07, 6.45) is 0. The number of para-hydroxylation sites is 1. The lowest BCUT2D eigenvalue weighted by molar-refractivity contribution is 0.0999. The fraction of sp³-hybridized carbons (Fsp3) is 0.235. The number of nitrogen functional groups attached to an aromatic ring is 1. The number of hydrogen-bond donors (Lipinski definition) is 2. The van der Waals surface area contributed by atoms with Crippen LogP contribution in [0.5, 0.6) is 0 Å². The van der Waals surface area contributed by atoms with Crippen molar-refractivity contribution in [3.05, 3.63) is 59.2 Å². The largest absolute Gasteiger partial charge is 0.398 e. The Balaban J connectivity index is 2.28.